The molecule has 0 saturated carbocycles. The van der Waals surface area contributed by atoms with E-state index in [2.05, 4.69) is 9.97 Å². The summed E-state index contributed by atoms with van der Waals surface area (Å²) >= 11 is 0. The molecule has 0 radical (unpaired) electrons. The highest BCUT2D eigenvalue weighted by Crippen LogP contribution is 2.22. The molecule has 3 rings (SSSR count). The summed E-state index contributed by atoms with van der Waals surface area (Å²) in [4.78, 5) is 21.8. The van der Waals surface area contributed by atoms with Crippen molar-refractivity contribution in [1.82, 2.24) is 14.9 Å². The standard InChI is InChI=1S/C15H19N3O/c1-2-18-8-7-11(10-15(18)19)9-14-16-12-5-3-4-6-13(12)17-14/h3-6,11H,2,7-10H2,1H3,(H,16,17). The molecule has 1 unspecified atom stereocenters. The number of hydrogen-bond donors (Lipinski definition) is 1. The number of aromatic nitrogens is 2. The summed E-state index contributed by atoms with van der Waals surface area (Å²) in [6.07, 6.45) is 2.61. The topological polar surface area (TPSA) is 49.0 Å². The molecular weight excluding hydrogens is 238 g/mol. The van der Waals surface area contributed by atoms with Gasteiger partial charge in [0.15, 0.2) is 0 Å². The van der Waals surface area contributed by atoms with Crippen LogP contribution in [-0.2, 0) is 11.2 Å². The first-order chi connectivity index (χ1) is 9.26. The van der Waals surface area contributed by atoms with Crippen molar-refractivity contribution in [3.63, 3.8) is 0 Å². The normalized spacial score (nSPS) is 20.2. The van der Waals surface area contributed by atoms with Gasteiger partial charge in [-0.2, -0.15) is 0 Å². The van der Waals surface area contributed by atoms with Crippen molar-refractivity contribution in [3.05, 3.63) is 30.1 Å². The molecule has 1 atom stereocenters. The quantitative estimate of drug-likeness (QED) is 0.917. The van der Waals surface area contributed by atoms with E-state index in [4.69, 9.17) is 0 Å². The van der Waals surface area contributed by atoms with E-state index >= 15 is 0 Å². The third kappa shape index (κ3) is 2.48. The predicted octanol–water partition coefficient (Wildman–Crippen LogP) is 2.36. The highest BCUT2D eigenvalue weighted by molar-refractivity contribution is 5.77. The number of fused-ring (bicyclic) bond motifs is 1. The van der Waals surface area contributed by atoms with Gasteiger partial charge in [0.05, 0.1) is 11.0 Å². The number of rotatable bonds is 3. The molecule has 1 aliphatic rings. The van der Waals surface area contributed by atoms with E-state index in [9.17, 15) is 4.79 Å². The van der Waals surface area contributed by atoms with Crippen molar-refractivity contribution in [2.75, 3.05) is 13.1 Å². The van der Waals surface area contributed by atoms with E-state index in [1.54, 1.807) is 0 Å². The number of imidazole rings is 1. The number of likely N-dealkylation sites (tertiary alicyclic amines) is 1. The summed E-state index contributed by atoms with van der Waals surface area (Å²) in [6, 6.07) is 8.06. The number of benzene rings is 1. The third-order valence-electron chi connectivity index (χ3n) is 3.93. The molecule has 4 nitrogen and oxygen atoms in total. The number of nitrogens with one attached hydrogen (secondary N) is 1. The summed E-state index contributed by atoms with van der Waals surface area (Å²) < 4.78 is 0. The molecule has 100 valence electrons. The van der Waals surface area contributed by atoms with Gasteiger partial charge >= 0.3 is 0 Å². The Bertz CT molecular complexity index is 557. The lowest BCUT2D eigenvalue weighted by molar-refractivity contribution is -0.134. The molecule has 1 amide bonds. The molecule has 1 aromatic heterocycles. The van der Waals surface area contributed by atoms with E-state index in [1.807, 2.05) is 36.1 Å². The van der Waals surface area contributed by atoms with E-state index in [0.717, 1.165) is 42.8 Å². The van der Waals surface area contributed by atoms with Crippen molar-refractivity contribution in [2.24, 2.45) is 5.92 Å². The van der Waals surface area contributed by atoms with Crippen molar-refractivity contribution >= 4 is 16.9 Å². The molecule has 0 aliphatic carbocycles. The van der Waals surface area contributed by atoms with Crippen molar-refractivity contribution < 1.29 is 4.79 Å². The summed E-state index contributed by atoms with van der Waals surface area (Å²) in [5.41, 5.74) is 2.09. The number of hydrogen-bond acceptors (Lipinski definition) is 2. The first-order valence-electron chi connectivity index (χ1n) is 6.97. The number of carbonyl (C=O) groups excluding carboxylic acids is 1. The Morgan fingerprint density at radius 3 is 3.00 bits per heavy atom. The van der Waals surface area contributed by atoms with Crippen LogP contribution >= 0.6 is 0 Å². The van der Waals surface area contributed by atoms with Gasteiger partial charge in [-0.15, -0.1) is 0 Å². The number of H-pyrrole nitrogens is 1. The minimum absolute atomic E-state index is 0.287. The number of para-hydroxylation sites is 2. The second-order valence-corrected chi connectivity index (χ2v) is 5.24. The Labute approximate surface area is 112 Å². The lowest BCUT2D eigenvalue weighted by Crippen LogP contribution is -2.39. The predicted molar refractivity (Wildman–Crippen MR) is 74.8 cm³/mol. The third-order valence-corrected chi connectivity index (χ3v) is 3.93. The zero-order chi connectivity index (χ0) is 13.2. The minimum atomic E-state index is 0.287. The zero-order valence-electron chi connectivity index (χ0n) is 11.2. The fourth-order valence-corrected chi connectivity index (χ4v) is 2.83. The number of nitrogens with zero attached hydrogens (tertiary/aromatic N) is 2. The zero-order valence-corrected chi connectivity index (χ0v) is 11.2. The number of carbonyl (C=O) groups is 1. The fraction of sp³-hybridized carbons (Fsp3) is 0.467. The van der Waals surface area contributed by atoms with Crippen LogP contribution in [0.3, 0.4) is 0 Å². The van der Waals surface area contributed by atoms with Crippen LogP contribution in [-0.4, -0.2) is 33.9 Å². The molecule has 1 aromatic carbocycles. The second-order valence-electron chi connectivity index (χ2n) is 5.24. The Morgan fingerprint density at radius 2 is 2.26 bits per heavy atom. The van der Waals surface area contributed by atoms with E-state index in [0.29, 0.717) is 12.3 Å². The van der Waals surface area contributed by atoms with Crippen LogP contribution in [0.4, 0.5) is 0 Å². The summed E-state index contributed by atoms with van der Waals surface area (Å²) in [7, 11) is 0. The van der Waals surface area contributed by atoms with Crippen LogP contribution in [0.25, 0.3) is 11.0 Å². The summed E-state index contributed by atoms with van der Waals surface area (Å²) in [6.45, 7) is 3.76. The molecule has 1 fully saturated rings. The first kappa shape index (κ1) is 12.2. The van der Waals surface area contributed by atoms with Gasteiger partial charge in [-0.1, -0.05) is 12.1 Å². The Morgan fingerprint density at radius 1 is 1.42 bits per heavy atom. The van der Waals surface area contributed by atoms with Crippen LogP contribution < -0.4 is 0 Å². The maximum Gasteiger partial charge on any atom is 0.222 e. The minimum Gasteiger partial charge on any atom is -0.343 e. The first-order valence-corrected chi connectivity index (χ1v) is 6.97. The largest absolute Gasteiger partial charge is 0.343 e. The van der Waals surface area contributed by atoms with Gasteiger partial charge in [-0.3, -0.25) is 4.79 Å². The average molecular weight is 257 g/mol. The van der Waals surface area contributed by atoms with Crippen LogP contribution in [0.1, 0.15) is 25.6 Å². The van der Waals surface area contributed by atoms with Crippen molar-refractivity contribution in [3.8, 4) is 0 Å². The highest BCUT2D eigenvalue weighted by Gasteiger charge is 2.25. The Hall–Kier alpha value is -1.84. The molecule has 1 N–H and O–H groups in total. The van der Waals surface area contributed by atoms with Gasteiger partial charge in [-0.05, 0) is 31.4 Å². The molecule has 1 saturated heterocycles. The second kappa shape index (κ2) is 5.03. The van der Waals surface area contributed by atoms with Crippen LogP contribution in [0.5, 0.6) is 0 Å². The molecule has 2 heterocycles. The lowest BCUT2D eigenvalue weighted by atomic mass is 9.93. The smallest absolute Gasteiger partial charge is 0.222 e. The maximum absolute atomic E-state index is 11.9. The number of aromatic amines is 1. The Kier molecular flexibility index (Phi) is 3.23. The average Bonchev–Trinajstić information content (AvgIpc) is 2.81. The highest BCUT2D eigenvalue weighted by atomic mass is 16.2. The van der Waals surface area contributed by atoms with Gasteiger partial charge in [-0.25, -0.2) is 4.98 Å². The molecule has 4 heteroatoms. The molecule has 0 spiro atoms. The van der Waals surface area contributed by atoms with Crippen molar-refractivity contribution in [1.29, 1.82) is 0 Å². The lowest BCUT2D eigenvalue weighted by Gasteiger charge is -2.30. The molecule has 2 aromatic rings. The summed E-state index contributed by atoms with van der Waals surface area (Å²) in [5.74, 6) is 1.72. The Balaban J connectivity index is 1.70. The SMILES string of the molecule is CCN1CCC(Cc2nc3ccccc3[nH]2)CC1=O. The van der Waals surface area contributed by atoms with Crippen LogP contribution in [0.15, 0.2) is 24.3 Å². The van der Waals surface area contributed by atoms with Gasteiger partial charge < -0.3 is 9.88 Å². The van der Waals surface area contributed by atoms with E-state index in [1.165, 1.54) is 0 Å². The maximum atomic E-state index is 11.9. The summed E-state index contributed by atoms with van der Waals surface area (Å²) in [5, 5.41) is 0. The van der Waals surface area contributed by atoms with Crippen molar-refractivity contribution in [2.45, 2.75) is 26.2 Å². The molecule has 1 aliphatic heterocycles. The monoisotopic (exact) mass is 257 g/mol. The number of amides is 1. The van der Waals surface area contributed by atoms with E-state index in [-0.39, 0.29) is 5.91 Å². The van der Waals surface area contributed by atoms with Crippen LogP contribution in [0, 0.1) is 5.92 Å². The molecule has 19 heavy (non-hydrogen) atoms. The number of piperidine rings is 1. The van der Waals surface area contributed by atoms with Crippen LogP contribution in [0.2, 0.25) is 0 Å². The van der Waals surface area contributed by atoms with Gasteiger partial charge in [0.1, 0.15) is 5.82 Å². The van der Waals surface area contributed by atoms with Gasteiger partial charge in [0.2, 0.25) is 5.91 Å². The molecular formula is C15H19N3O. The van der Waals surface area contributed by atoms with Gasteiger partial charge in [0.25, 0.3) is 0 Å². The van der Waals surface area contributed by atoms with Gasteiger partial charge in [0, 0.05) is 25.9 Å². The fourth-order valence-electron chi connectivity index (χ4n) is 2.83. The molecule has 0 bridgehead atoms. The van der Waals surface area contributed by atoms with E-state index < -0.39 is 0 Å².